The number of nitrogens with zero attached hydrogens (tertiary/aromatic N) is 6. The Bertz CT molecular complexity index is 1170. The summed E-state index contributed by atoms with van der Waals surface area (Å²) in [6, 6.07) is 0.358. The molecule has 5 N–H and O–H groups in total. The standard InChI is InChI=1S/C29H42ClFN6O7/c30-20-13-33-29(34-14-20)37-5-3-19(4-6-37)2-1-11-44-21-12-22(31)26(32-15-21)23(17-38)36-9-7-35(8-10-36)16-24(40)27(42)28(43)25(41)18-39/h12-15,17,19,23-25,27-28,39-43H,1-11,16,18H2/t23?,24-,25+,27+,28+/m0/s1. The first-order valence-corrected chi connectivity index (χ1v) is 15.3. The van der Waals surface area contributed by atoms with Gasteiger partial charge < -0.3 is 40.0 Å². The van der Waals surface area contributed by atoms with Crippen LogP contribution in [0.25, 0.3) is 0 Å². The van der Waals surface area contributed by atoms with E-state index in [0.717, 1.165) is 38.8 Å². The fourth-order valence-electron chi connectivity index (χ4n) is 5.66. The normalized spacial score (nSPS) is 20.6. The van der Waals surface area contributed by atoms with Crippen LogP contribution in [0.15, 0.2) is 24.7 Å². The van der Waals surface area contributed by atoms with Crippen LogP contribution in [0.2, 0.25) is 5.02 Å². The van der Waals surface area contributed by atoms with Crippen LogP contribution >= 0.6 is 11.6 Å². The second-order valence-electron chi connectivity index (χ2n) is 11.4. The number of aldehydes is 1. The molecule has 0 radical (unpaired) electrons. The molecule has 2 aliphatic heterocycles. The zero-order chi connectivity index (χ0) is 31.6. The molecule has 15 heteroatoms. The predicted octanol–water partition coefficient (Wildman–Crippen LogP) is 0.0332. The number of carbonyl (C=O) groups is 1. The molecular weight excluding hydrogens is 599 g/mol. The molecule has 44 heavy (non-hydrogen) atoms. The number of hydrogen-bond donors (Lipinski definition) is 5. The quantitative estimate of drug-likeness (QED) is 0.130. The summed E-state index contributed by atoms with van der Waals surface area (Å²) in [5.41, 5.74) is 0.00815. The molecule has 0 spiro atoms. The number of pyridine rings is 1. The molecule has 0 saturated carbocycles. The molecule has 2 aliphatic rings. The van der Waals surface area contributed by atoms with E-state index < -0.39 is 42.9 Å². The highest BCUT2D eigenvalue weighted by atomic mass is 35.5. The van der Waals surface area contributed by atoms with Gasteiger partial charge in [0.05, 0.1) is 42.9 Å². The van der Waals surface area contributed by atoms with Crippen molar-refractivity contribution < 1.29 is 39.5 Å². The third-order valence-electron chi connectivity index (χ3n) is 8.35. The van der Waals surface area contributed by atoms with Crippen molar-refractivity contribution in [3.63, 3.8) is 0 Å². The first-order chi connectivity index (χ1) is 21.2. The Labute approximate surface area is 260 Å². The summed E-state index contributed by atoms with van der Waals surface area (Å²) in [6.07, 6.45) is 2.86. The van der Waals surface area contributed by atoms with Gasteiger partial charge in [0, 0.05) is 51.9 Å². The van der Waals surface area contributed by atoms with Crippen molar-refractivity contribution in [2.45, 2.75) is 56.1 Å². The van der Waals surface area contributed by atoms with Gasteiger partial charge in [-0.05, 0) is 31.6 Å². The molecule has 2 aromatic heterocycles. The van der Waals surface area contributed by atoms with Crippen molar-refractivity contribution >= 4 is 23.8 Å². The van der Waals surface area contributed by atoms with E-state index in [1.54, 1.807) is 17.3 Å². The van der Waals surface area contributed by atoms with Crippen molar-refractivity contribution in [3.8, 4) is 5.75 Å². The van der Waals surface area contributed by atoms with Gasteiger partial charge >= 0.3 is 0 Å². The highest BCUT2D eigenvalue weighted by Gasteiger charge is 2.33. The summed E-state index contributed by atoms with van der Waals surface area (Å²) >= 11 is 5.87. The first kappa shape index (κ1) is 34.3. The number of piperidine rings is 1. The molecule has 4 rings (SSSR count). The highest BCUT2D eigenvalue weighted by molar-refractivity contribution is 6.30. The minimum atomic E-state index is -1.70. The average Bonchev–Trinajstić information content (AvgIpc) is 3.04. The van der Waals surface area contributed by atoms with E-state index in [1.165, 1.54) is 12.3 Å². The van der Waals surface area contributed by atoms with Gasteiger partial charge in [-0.2, -0.15) is 0 Å². The van der Waals surface area contributed by atoms with Crippen molar-refractivity contribution in [2.75, 3.05) is 63.9 Å². The summed E-state index contributed by atoms with van der Waals surface area (Å²) in [6.45, 7) is 3.00. The molecule has 0 aromatic carbocycles. The zero-order valence-electron chi connectivity index (χ0n) is 24.5. The third kappa shape index (κ3) is 9.23. The highest BCUT2D eigenvalue weighted by Crippen LogP contribution is 2.26. The Morgan fingerprint density at radius 1 is 0.977 bits per heavy atom. The van der Waals surface area contributed by atoms with Gasteiger partial charge in [0.2, 0.25) is 5.95 Å². The van der Waals surface area contributed by atoms with Crippen LogP contribution in [0, 0.1) is 11.7 Å². The Morgan fingerprint density at radius 3 is 2.25 bits per heavy atom. The first-order valence-electron chi connectivity index (χ1n) is 15.0. The van der Waals surface area contributed by atoms with E-state index in [4.69, 9.17) is 21.4 Å². The lowest BCUT2D eigenvalue weighted by Gasteiger charge is -2.38. The summed E-state index contributed by atoms with van der Waals surface area (Å²) in [5, 5.41) is 49.1. The van der Waals surface area contributed by atoms with E-state index in [1.807, 2.05) is 4.90 Å². The monoisotopic (exact) mass is 640 g/mol. The number of ether oxygens (including phenoxy) is 1. The predicted molar refractivity (Wildman–Crippen MR) is 159 cm³/mol. The van der Waals surface area contributed by atoms with Crippen LogP contribution < -0.4 is 9.64 Å². The van der Waals surface area contributed by atoms with E-state index in [2.05, 4.69) is 19.9 Å². The minimum Gasteiger partial charge on any atom is -0.492 e. The maximum atomic E-state index is 15.1. The molecule has 2 saturated heterocycles. The lowest BCUT2D eigenvalue weighted by atomic mass is 9.92. The van der Waals surface area contributed by atoms with E-state index in [-0.39, 0.29) is 12.2 Å². The number of β-amino-alcohol motifs (C(OH)–C–C–N with tert-alkyl or cyclic N) is 1. The molecule has 1 unspecified atom stereocenters. The molecular formula is C29H42ClFN6O7. The number of aliphatic hydroxyl groups is 5. The van der Waals surface area contributed by atoms with Crippen LogP contribution in [-0.2, 0) is 4.79 Å². The third-order valence-corrected chi connectivity index (χ3v) is 8.55. The minimum absolute atomic E-state index is 0.00613. The SMILES string of the molecule is O=CC(c1ncc(OCCCC2CCN(c3ncc(Cl)cn3)CC2)cc1F)N1CCN(C[C@H](O)[C@@H](O)[C@H](O)[C@H](O)CO)CC1. The Hall–Kier alpha value is -2.56. The van der Waals surface area contributed by atoms with Gasteiger partial charge in [-0.25, -0.2) is 14.4 Å². The smallest absolute Gasteiger partial charge is 0.225 e. The Kier molecular flexibility index (Phi) is 13.0. The maximum Gasteiger partial charge on any atom is 0.225 e. The fourth-order valence-corrected chi connectivity index (χ4v) is 5.76. The molecule has 5 atom stereocenters. The number of rotatable bonds is 15. The van der Waals surface area contributed by atoms with E-state index >= 15 is 4.39 Å². The van der Waals surface area contributed by atoms with Crippen LogP contribution in [0.3, 0.4) is 0 Å². The maximum absolute atomic E-state index is 15.1. The fraction of sp³-hybridized carbons (Fsp3) is 0.655. The van der Waals surface area contributed by atoms with E-state index in [9.17, 15) is 25.2 Å². The number of carbonyl (C=O) groups excluding carboxylic acids is 1. The average molecular weight is 641 g/mol. The van der Waals surface area contributed by atoms with Crippen molar-refractivity contribution in [1.29, 1.82) is 0 Å². The van der Waals surface area contributed by atoms with Crippen LogP contribution in [0.4, 0.5) is 10.3 Å². The molecule has 2 fully saturated rings. The molecule has 4 heterocycles. The van der Waals surface area contributed by atoms with Crippen LogP contribution in [0.1, 0.15) is 37.4 Å². The summed E-state index contributed by atoms with van der Waals surface area (Å²) < 4.78 is 20.8. The van der Waals surface area contributed by atoms with Crippen LogP contribution in [-0.4, -0.2) is 140 Å². The van der Waals surface area contributed by atoms with Gasteiger partial charge in [-0.1, -0.05) is 11.6 Å². The molecule has 2 aromatic rings. The number of anilines is 1. The molecule has 244 valence electrons. The number of aromatic nitrogens is 3. The van der Waals surface area contributed by atoms with E-state index in [0.29, 0.717) is 61.7 Å². The van der Waals surface area contributed by atoms with Gasteiger partial charge in [0.1, 0.15) is 47.9 Å². The Morgan fingerprint density at radius 2 is 1.64 bits per heavy atom. The van der Waals surface area contributed by atoms with Crippen LogP contribution in [0.5, 0.6) is 5.75 Å². The second-order valence-corrected chi connectivity index (χ2v) is 11.8. The van der Waals surface area contributed by atoms with Gasteiger partial charge in [-0.3, -0.25) is 14.8 Å². The summed E-state index contributed by atoms with van der Waals surface area (Å²) in [7, 11) is 0. The lowest BCUT2D eigenvalue weighted by molar-refractivity contribution is -0.122. The number of hydrogen-bond acceptors (Lipinski definition) is 13. The van der Waals surface area contributed by atoms with Gasteiger partial charge in [-0.15, -0.1) is 0 Å². The zero-order valence-corrected chi connectivity index (χ0v) is 25.3. The van der Waals surface area contributed by atoms with Gasteiger partial charge in [0.15, 0.2) is 0 Å². The Balaban J connectivity index is 1.18. The second kappa shape index (κ2) is 16.7. The number of piperazine rings is 1. The van der Waals surface area contributed by atoms with Crippen molar-refractivity contribution in [2.24, 2.45) is 5.92 Å². The topological polar surface area (TPSA) is 176 Å². The number of aliphatic hydroxyl groups excluding tert-OH is 5. The molecule has 13 nitrogen and oxygen atoms in total. The largest absolute Gasteiger partial charge is 0.492 e. The molecule has 0 bridgehead atoms. The van der Waals surface area contributed by atoms with Crippen molar-refractivity contribution in [3.05, 3.63) is 41.2 Å². The summed E-state index contributed by atoms with van der Waals surface area (Å²) in [4.78, 5) is 30.5. The lowest BCUT2D eigenvalue weighted by Crippen LogP contribution is -2.54. The van der Waals surface area contributed by atoms with Gasteiger partial charge in [0.25, 0.3) is 0 Å². The van der Waals surface area contributed by atoms with Crippen molar-refractivity contribution in [1.82, 2.24) is 24.8 Å². The molecule has 0 aliphatic carbocycles. The summed E-state index contributed by atoms with van der Waals surface area (Å²) in [5.74, 6) is 0.927. The number of halogens is 2. The molecule has 0 amide bonds.